The topological polar surface area (TPSA) is 64.7 Å². The number of carbonyl (C=O) groups excluding carboxylic acids is 1. The van der Waals surface area contributed by atoms with Crippen molar-refractivity contribution < 1.29 is 9.18 Å². The number of carbonyl (C=O) groups is 1. The zero-order chi connectivity index (χ0) is 18.0. The minimum absolute atomic E-state index is 0.0457. The van der Waals surface area contributed by atoms with E-state index in [0.717, 1.165) is 4.47 Å². The Morgan fingerprint density at radius 2 is 2.08 bits per heavy atom. The molecule has 2 heterocycles. The van der Waals surface area contributed by atoms with E-state index in [4.69, 9.17) is 11.6 Å². The fraction of sp³-hybridized carbons (Fsp3) is 0.133. The zero-order valence-corrected chi connectivity index (χ0v) is 16.5. The van der Waals surface area contributed by atoms with Crippen LogP contribution in [-0.2, 0) is 17.9 Å². The Balaban J connectivity index is 1.71. The molecule has 0 saturated heterocycles. The highest BCUT2D eigenvalue weighted by atomic mass is 79.9. The van der Waals surface area contributed by atoms with Crippen LogP contribution in [0, 0.1) is 5.82 Å². The lowest BCUT2D eigenvalue weighted by atomic mass is 10.2. The SMILES string of the molecule is O=C(Cn1cc(Br)cn1)Nc1nn(Cc2c(F)cccc2Cl)cc1Br. The fourth-order valence-electron chi connectivity index (χ4n) is 2.15. The smallest absolute Gasteiger partial charge is 0.247 e. The summed E-state index contributed by atoms with van der Waals surface area (Å²) in [6.45, 7) is 0.191. The molecule has 130 valence electrons. The van der Waals surface area contributed by atoms with E-state index in [1.165, 1.54) is 15.4 Å². The molecule has 0 saturated carbocycles. The largest absolute Gasteiger partial charge is 0.307 e. The summed E-state index contributed by atoms with van der Waals surface area (Å²) in [6.07, 6.45) is 4.92. The van der Waals surface area contributed by atoms with Crippen LogP contribution in [0.5, 0.6) is 0 Å². The van der Waals surface area contributed by atoms with Crippen LogP contribution < -0.4 is 5.32 Å². The minimum atomic E-state index is -0.408. The summed E-state index contributed by atoms with van der Waals surface area (Å²) >= 11 is 12.6. The number of rotatable bonds is 5. The second kappa shape index (κ2) is 7.67. The predicted molar refractivity (Wildman–Crippen MR) is 99.0 cm³/mol. The van der Waals surface area contributed by atoms with E-state index >= 15 is 0 Å². The Hall–Kier alpha value is -1.71. The lowest BCUT2D eigenvalue weighted by Crippen LogP contribution is -2.19. The van der Waals surface area contributed by atoms with Gasteiger partial charge in [0.25, 0.3) is 0 Å². The summed E-state index contributed by atoms with van der Waals surface area (Å²) in [5.41, 5.74) is 0.332. The molecule has 0 aliphatic rings. The molecule has 1 aromatic carbocycles. The van der Waals surface area contributed by atoms with Gasteiger partial charge in [-0.15, -0.1) is 0 Å². The number of anilines is 1. The summed E-state index contributed by atoms with van der Waals surface area (Å²) in [5, 5.41) is 11.3. The van der Waals surface area contributed by atoms with Crippen molar-refractivity contribution in [2.45, 2.75) is 13.1 Å². The van der Waals surface area contributed by atoms with Gasteiger partial charge in [-0.1, -0.05) is 17.7 Å². The Morgan fingerprint density at radius 1 is 1.28 bits per heavy atom. The van der Waals surface area contributed by atoms with Crippen molar-refractivity contribution >= 4 is 55.2 Å². The van der Waals surface area contributed by atoms with E-state index in [-0.39, 0.29) is 19.0 Å². The maximum atomic E-state index is 13.9. The van der Waals surface area contributed by atoms with Gasteiger partial charge in [0.05, 0.1) is 21.7 Å². The van der Waals surface area contributed by atoms with Crippen molar-refractivity contribution in [2.75, 3.05) is 5.32 Å². The van der Waals surface area contributed by atoms with Gasteiger partial charge >= 0.3 is 0 Å². The highest BCUT2D eigenvalue weighted by Gasteiger charge is 2.14. The monoisotopic (exact) mass is 489 g/mol. The molecule has 2 aromatic heterocycles. The summed E-state index contributed by atoms with van der Waals surface area (Å²) < 4.78 is 18.2. The molecule has 10 heteroatoms. The summed E-state index contributed by atoms with van der Waals surface area (Å²) in [6, 6.07) is 4.49. The van der Waals surface area contributed by atoms with Gasteiger partial charge in [0.15, 0.2) is 5.82 Å². The third-order valence-corrected chi connectivity index (χ3v) is 4.61. The lowest BCUT2D eigenvalue weighted by molar-refractivity contribution is -0.116. The van der Waals surface area contributed by atoms with Crippen LogP contribution >= 0.6 is 43.5 Å². The van der Waals surface area contributed by atoms with Gasteiger partial charge in [0.2, 0.25) is 5.91 Å². The van der Waals surface area contributed by atoms with E-state index in [0.29, 0.717) is 20.9 Å². The van der Waals surface area contributed by atoms with E-state index in [2.05, 4.69) is 47.4 Å². The van der Waals surface area contributed by atoms with Gasteiger partial charge in [0, 0.05) is 23.0 Å². The van der Waals surface area contributed by atoms with Crippen molar-refractivity contribution in [1.82, 2.24) is 19.6 Å². The lowest BCUT2D eigenvalue weighted by Gasteiger charge is -2.06. The normalized spacial score (nSPS) is 10.9. The first kappa shape index (κ1) is 18.1. The maximum absolute atomic E-state index is 13.9. The van der Waals surface area contributed by atoms with Crippen molar-refractivity contribution in [3.05, 3.63) is 62.1 Å². The molecule has 3 aromatic rings. The van der Waals surface area contributed by atoms with E-state index in [1.807, 2.05) is 0 Å². The predicted octanol–water partition coefficient (Wildman–Crippen LogP) is 4.08. The molecule has 1 N–H and O–H groups in total. The molecule has 3 rings (SSSR count). The molecule has 0 aliphatic heterocycles. The average Bonchev–Trinajstić information content (AvgIpc) is 3.09. The standard InChI is InChI=1S/C15H11Br2ClFN5O/c16-9-4-20-23(5-9)8-14(25)21-15-11(17)7-24(22-15)6-10-12(18)2-1-3-13(10)19/h1-5,7H,6,8H2,(H,21,22,25). The first-order chi connectivity index (χ1) is 11.9. The van der Waals surface area contributed by atoms with Gasteiger partial charge in [-0.2, -0.15) is 10.2 Å². The summed E-state index contributed by atoms with van der Waals surface area (Å²) in [7, 11) is 0. The number of aromatic nitrogens is 4. The molecule has 1 amide bonds. The first-order valence-corrected chi connectivity index (χ1v) is 9.02. The third kappa shape index (κ3) is 4.47. The molecule has 0 atom stereocenters. The molecular formula is C15H11Br2ClFN5O. The Kier molecular flexibility index (Phi) is 5.55. The maximum Gasteiger partial charge on any atom is 0.247 e. The zero-order valence-electron chi connectivity index (χ0n) is 12.6. The number of benzene rings is 1. The van der Waals surface area contributed by atoms with Crippen molar-refractivity contribution in [3.63, 3.8) is 0 Å². The Bertz CT molecular complexity index is 906. The molecule has 25 heavy (non-hydrogen) atoms. The van der Waals surface area contributed by atoms with Crippen molar-refractivity contribution in [3.8, 4) is 0 Å². The quantitative estimate of drug-likeness (QED) is 0.585. The Labute approximate surface area is 164 Å². The molecular weight excluding hydrogens is 480 g/mol. The third-order valence-electron chi connectivity index (χ3n) is 3.26. The van der Waals surface area contributed by atoms with Gasteiger partial charge < -0.3 is 5.32 Å². The van der Waals surface area contributed by atoms with E-state index < -0.39 is 5.82 Å². The molecule has 0 aliphatic carbocycles. The van der Waals surface area contributed by atoms with Crippen LogP contribution in [0.1, 0.15) is 5.56 Å². The van der Waals surface area contributed by atoms with Crippen molar-refractivity contribution in [1.29, 1.82) is 0 Å². The second-order valence-electron chi connectivity index (χ2n) is 5.13. The highest BCUT2D eigenvalue weighted by Crippen LogP contribution is 2.24. The molecule has 0 unspecified atom stereocenters. The average molecular weight is 492 g/mol. The number of nitrogens with zero attached hydrogens (tertiary/aromatic N) is 4. The van der Waals surface area contributed by atoms with Crippen LogP contribution in [0.4, 0.5) is 10.2 Å². The van der Waals surface area contributed by atoms with Gasteiger partial charge in [-0.05, 0) is 44.0 Å². The molecule has 6 nitrogen and oxygen atoms in total. The molecule has 0 fully saturated rings. The summed E-state index contributed by atoms with van der Waals surface area (Å²) in [4.78, 5) is 12.1. The van der Waals surface area contributed by atoms with Crippen LogP contribution in [0.25, 0.3) is 0 Å². The van der Waals surface area contributed by atoms with Gasteiger partial charge in [-0.25, -0.2) is 4.39 Å². The number of hydrogen-bond donors (Lipinski definition) is 1. The first-order valence-electron chi connectivity index (χ1n) is 7.06. The van der Waals surface area contributed by atoms with E-state index in [1.54, 1.807) is 30.7 Å². The van der Waals surface area contributed by atoms with Gasteiger partial charge in [0.1, 0.15) is 12.4 Å². The Morgan fingerprint density at radius 3 is 2.76 bits per heavy atom. The molecule has 0 bridgehead atoms. The van der Waals surface area contributed by atoms with Crippen molar-refractivity contribution in [2.24, 2.45) is 0 Å². The number of hydrogen-bond acceptors (Lipinski definition) is 3. The highest BCUT2D eigenvalue weighted by molar-refractivity contribution is 9.10. The summed E-state index contributed by atoms with van der Waals surface area (Å²) in [5.74, 6) is -0.358. The van der Waals surface area contributed by atoms with E-state index in [9.17, 15) is 9.18 Å². The van der Waals surface area contributed by atoms with Crippen LogP contribution in [0.15, 0.2) is 45.7 Å². The van der Waals surface area contributed by atoms with Gasteiger partial charge in [-0.3, -0.25) is 14.2 Å². The fourth-order valence-corrected chi connectivity index (χ4v) is 3.12. The number of amides is 1. The molecule has 0 radical (unpaired) electrons. The number of halogens is 4. The second-order valence-corrected chi connectivity index (χ2v) is 7.30. The number of nitrogens with one attached hydrogen (secondary N) is 1. The van der Waals surface area contributed by atoms with Crippen LogP contribution in [0.3, 0.4) is 0 Å². The van der Waals surface area contributed by atoms with Crippen LogP contribution in [-0.4, -0.2) is 25.5 Å². The van der Waals surface area contributed by atoms with Crippen LogP contribution in [0.2, 0.25) is 5.02 Å². The molecule has 0 spiro atoms. The minimum Gasteiger partial charge on any atom is -0.307 e.